The van der Waals surface area contributed by atoms with Gasteiger partial charge < -0.3 is 20.1 Å². The van der Waals surface area contributed by atoms with Gasteiger partial charge in [-0.05, 0) is 56.4 Å². The maximum Gasteiger partial charge on any atom is 0.191 e. The maximum absolute atomic E-state index is 13.2. The Hall–Kier alpha value is -0.930. The first kappa shape index (κ1) is 24.1. The van der Waals surface area contributed by atoms with Gasteiger partial charge in [0.05, 0.1) is 13.2 Å². The van der Waals surface area contributed by atoms with Crippen molar-refractivity contribution in [3.8, 4) is 0 Å². The van der Waals surface area contributed by atoms with E-state index in [0.29, 0.717) is 5.92 Å². The average Bonchev–Trinajstić information content (AvgIpc) is 3.13. The van der Waals surface area contributed by atoms with Crippen LogP contribution in [0.25, 0.3) is 0 Å². The van der Waals surface area contributed by atoms with E-state index in [2.05, 4.69) is 15.6 Å². The molecule has 2 N–H and O–H groups in total. The van der Waals surface area contributed by atoms with E-state index >= 15 is 0 Å². The van der Waals surface area contributed by atoms with Crippen LogP contribution in [0, 0.1) is 18.7 Å². The third-order valence-electron chi connectivity index (χ3n) is 4.43. The number of hydrogen-bond acceptors (Lipinski definition) is 3. The van der Waals surface area contributed by atoms with Crippen LogP contribution in [-0.2, 0) is 15.9 Å². The Labute approximate surface area is 179 Å². The highest BCUT2D eigenvalue weighted by molar-refractivity contribution is 14.0. The Balaban J connectivity index is 0.00000364. The zero-order valence-corrected chi connectivity index (χ0v) is 18.8. The number of guanidine groups is 1. The number of nitrogens with one attached hydrogen (secondary N) is 2. The number of aryl methyl sites for hydroxylation is 1. The Morgan fingerprint density at radius 2 is 2.22 bits per heavy atom. The summed E-state index contributed by atoms with van der Waals surface area (Å²) < 4.78 is 24.2. The van der Waals surface area contributed by atoms with Crippen molar-refractivity contribution in [1.29, 1.82) is 0 Å². The molecule has 1 aliphatic heterocycles. The summed E-state index contributed by atoms with van der Waals surface area (Å²) in [5.41, 5.74) is 2.14. The maximum atomic E-state index is 13.2. The summed E-state index contributed by atoms with van der Waals surface area (Å²) in [4.78, 5) is 4.58. The number of nitrogens with zero attached hydrogens (tertiary/aromatic N) is 1. The Kier molecular flexibility index (Phi) is 12.6. The van der Waals surface area contributed by atoms with Crippen LogP contribution in [0.15, 0.2) is 23.2 Å². The predicted molar refractivity (Wildman–Crippen MR) is 119 cm³/mol. The van der Waals surface area contributed by atoms with Crippen molar-refractivity contribution in [3.63, 3.8) is 0 Å². The SMILES string of the molecule is CCNC(=NCCCOCC1CCOC1)NCCc1ccc(F)cc1C.I. The normalized spacial score (nSPS) is 16.9. The molecule has 1 saturated heterocycles. The van der Waals surface area contributed by atoms with Gasteiger partial charge >= 0.3 is 0 Å². The van der Waals surface area contributed by atoms with Gasteiger partial charge in [-0.15, -0.1) is 24.0 Å². The molecule has 0 amide bonds. The Bertz CT molecular complexity index is 566. The molecule has 1 fully saturated rings. The molecule has 1 aromatic carbocycles. The molecule has 1 aromatic rings. The molecule has 1 atom stereocenters. The topological polar surface area (TPSA) is 54.9 Å². The Morgan fingerprint density at radius 1 is 1.37 bits per heavy atom. The number of halogens is 2. The van der Waals surface area contributed by atoms with Crippen LogP contribution >= 0.6 is 24.0 Å². The second-order valence-electron chi connectivity index (χ2n) is 6.67. The molecule has 0 radical (unpaired) electrons. The first-order valence-electron chi connectivity index (χ1n) is 9.61. The molecular formula is C20H33FIN3O2. The number of ether oxygens (including phenoxy) is 2. The van der Waals surface area contributed by atoms with E-state index in [1.807, 2.05) is 19.9 Å². The van der Waals surface area contributed by atoms with Crippen LogP contribution in [0.2, 0.25) is 0 Å². The van der Waals surface area contributed by atoms with Crippen molar-refractivity contribution in [2.24, 2.45) is 10.9 Å². The van der Waals surface area contributed by atoms with E-state index < -0.39 is 0 Å². The van der Waals surface area contributed by atoms with Gasteiger partial charge in [-0.25, -0.2) is 4.39 Å². The predicted octanol–water partition coefficient (Wildman–Crippen LogP) is 3.29. The summed E-state index contributed by atoms with van der Waals surface area (Å²) in [5.74, 6) is 1.20. The van der Waals surface area contributed by atoms with Gasteiger partial charge in [-0.1, -0.05) is 6.07 Å². The molecule has 0 bridgehead atoms. The lowest BCUT2D eigenvalue weighted by molar-refractivity contribution is 0.0893. The highest BCUT2D eigenvalue weighted by Gasteiger charge is 2.15. The smallest absolute Gasteiger partial charge is 0.191 e. The number of benzene rings is 1. The summed E-state index contributed by atoms with van der Waals surface area (Å²) in [5, 5.41) is 6.58. The van der Waals surface area contributed by atoms with Gasteiger partial charge in [0.2, 0.25) is 0 Å². The van der Waals surface area contributed by atoms with Crippen molar-refractivity contribution in [1.82, 2.24) is 10.6 Å². The molecule has 0 aromatic heterocycles. The average molecular weight is 493 g/mol. The van der Waals surface area contributed by atoms with E-state index in [1.165, 1.54) is 6.07 Å². The summed E-state index contributed by atoms with van der Waals surface area (Å²) in [6.07, 6.45) is 2.85. The van der Waals surface area contributed by atoms with E-state index in [0.717, 1.165) is 82.4 Å². The second kappa shape index (κ2) is 14.1. The molecule has 0 spiro atoms. The largest absolute Gasteiger partial charge is 0.381 e. The highest BCUT2D eigenvalue weighted by atomic mass is 127. The van der Waals surface area contributed by atoms with Crippen molar-refractivity contribution < 1.29 is 13.9 Å². The van der Waals surface area contributed by atoms with Gasteiger partial charge in [0.25, 0.3) is 0 Å². The van der Waals surface area contributed by atoms with Gasteiger partial charge in [0.15, 0.2) is 5.96 Å². The van der Waals surface area contributed by atoms with Crippen LogP contribution in [-0.4, -0.2) is 52.0 Å². The van der Waals surface area contributed by atoms with Gasteiger partial charge in [-0.2, -0.15) is 0 Å². The zero-order chi connectivity index (χ0) is 18.6. The molecular weight excluding hydrogens is 460 g/mol. The zero-order valence-electron chi connectivity index (χ0n) is 16.4. The summed E-state index contributed by atoms with van der Waals surface area (Å²) in [7, 11) is 0. The van der Waals surface area contributed by atoms with E-state index in [4.69, 9.17) is 9.47 Å². The van der Waals surface area contributed by atoms with Crippen molar-refractivity contribution in [2.45, 2.75) is 33.1 Å². The summed E-state index contributed by atoms with van der Waals surface area (Å²) in [6, 6.07) is 4.94. The lowest BCUT2D eigenvalue weighted by atomic mass is 10.1. The summed E-state index contributed by atoms with van der Waals surface area (Å²) in [6.45, 7) is 9.52. The molecule has 27 heavy (non-hydrogen) atoms. The monoisotopic (exact) mass is 493 g/mol. The molecule has 0 saturated carbocycles. The molecule has 7 heteroatoms. The van der Waals surface area contributed by atoms with Crippen LogP contribution in [0.3, 0.4) is 0 Å². The van der Waals surface area contributed by atoms with E-state index in [9.17, 15) is 4.39 Å². The minimum Gasteiger partial charge on any atom is -0.381 e. The van der Waals surface area contributed by atoms with Crippen molar-refractivity contribution >= 4 is 29.9 Å². The lowest BCUT2D eigenvalue weighted by Crippen LogP contribution is -2.38. The van der Waals surface area contributed by atoms with Gasteiger partial charge in [0.1, 0.15) is 5.82 Å². The number of hydrogen-bond donors (Lipinski definition) is 2. The lowest BCUT2D eigenvalue weighted by Gasteiger charge is -2.12. The first-order chi connectivity index (χ1) is 12.7. The quantitative estimate of drug-likeness (QED) is 0.227. The Morgan fingerprint density at radius 3 is 2.93 bits per heavy atom. The van der Waals surface area contributed by atoms with E-state index in [-0.39, 0.29) is 29.8 Å². The van der Waals surface area contributed by atoms with E-state index in [1.54, 1.807) is 6.07 Å². The second-order valence-corrected chi connectivity index (χ2v) is 6.67. The molecule has 1 aliphatic rings. The minimum absolute atomic E-state index is 0. The van der Waals surface area contributed by atoms with Gasteiger partial charge in [0, 0.05) is 38.8 Å². The highest BCUT2D eigenvalue weighted by Crippen LogP contribution is 2.12. The number of aliphatic imine (C=N–C) groups is 1. The van der Waals surface area contributed by atoms with Crippen LogP contribution in [0.4, 0.5) is 4.39 Å². The fourth-order valence-electron chi connectivity index (χ4n) is 2.92. The van der Waals surface area contributed by atoms with Crippen molar-refractivity contribution in [3.05, 3.63) is 35.1 Å². The molecule has 1 heterocycles. The fraction of sp³-hybridized carbons (Fsp3) is 0.650. The third-order valence-corrected chi connectivity index (χ3v) is 4.43. The first-order valence-corrected chi connectivity index (χ1v) is 9.61. The van der Waals surface area contributed by atoms with Crippen LogP contribution in [0.1, 0.15) is 30.9 Å². The summed E-state index contributed by atoms with van der Waals surface area (Å²) >= 11 is 0. The minimum atomic E-state index is -0.184. The molecule has 154 valence electrons. The molecule has 1 unspecified atom stereocenters. The molecule has 0 aliphatic carbocycles. The van der Waals surface area contributed by atoms with Crippen LogP contribution < -0.4 is 10.6 Å². The van der Waals surface area contributed by atoms with Crippen LogP contribution in [0.5, 0.6) is 0 Å². The van der Waals surface area contributed by atoms with Gasteiger partial charge in [-0.3, -0.25) is 4.99 Å². The fourth-order valence-corrected chi connectivity index (χ4v) is 2.92. The third kappa shape index (κ3) is 9.71. The molecule has 2 rings (SSSR count). The molecule has 5 nitrogen and oxygen atoms in total. The van der Waals surface area contributed by atoms with Crippen molar-refractivity contribution in [2.75, 3.05) is 46.1 Å². The standard InChI is InChI=1S/C20H32FN3O2.HI/c1-3-22-20(23-9-4-11-25-14-17-8-12-26-15-17)24-10-7-18-5-6-19(21)13-16(18)2;/h5-6,13,17H,3-4,7-12,14-15H2,1-2H3,(H2,22,23,24);1H. The number of rotatable bonds is 10.